The van der Waals surface area contributed by atoms with Gasteiger partial charge in [-0.1, -0.05) is 30.3 Å². The summed E-state index contributed by atoms with van der Waals surface area (Å²) in [6, 6.07) is 12.4. The van der Waals surface area contributed by atoms with Crippen molar-refractivity contribution in [1.82, 2.24) is 5.32 Å². The molecular formula is C19H19FN2O2. The van der Waals surface area contributed by atoms with E-state index in [1.54, 1.807) is 18.2 Å². The molecule has 0 aliphatic carbocycles. The number of anilines is 1. The number of aryl methyl sites for hydroxylation is 1. The average Bonchev–Trinajstić information content (AvgIpc) is 2.93. The highest BCUT2D eigenvalue weighted by atomic mass is 19.1. The number of hydrogen-bond acceptors (Lipinski definition) is 2. The van der Waals surface area contributed by atoms with Gasteiger partial charge < -0.3 is 10.6 Å². The van der Waals surface area contributed by atoms with Crippen molar-refractivity contribution in [3.63, 3.8) is 0 Å². The summed E-state index contributed by atoms with van der Waals surface area (Å²) in [5.41, 5.74) is 3.52. The Morgan fingerprint density at radius 3 is 2.83 bits per heavy atom. The standard InChI is InChI=1S/C19H19FN2O2/c20-16-4-2-1-3-14(16)6-8-18(23)21-10-9-13-5-7-17-15(11-13)12-19(24)22-17/h1-5,7,11H,6,8-10,12H2,(H,21,23)(H,22,24). The Bertz CT molecular complexity index is 774. The van der Waals surface area contributed by atoms with Gasteiger partial charge in [0, 0.05) is 18.7 Å². The minimum absolute atomic E-state index is 0.0172. The van der Waals surface area contributed by atoms with Gasteiger partial charge in [-0.15, -0.1) is 0 Å². The van der Waals surface area contributed by atoms with Gasteiger partial charge in [-0.3, -0.25) is 9.59 Å². The van der Waals surface area contributed by atoms with Crippen molar-refractivity contribution in [2.45, 2.75) is 25.7 Å². The van der Waals surface area contributed by atoms with Gasteiger partial charge in [0.15, 0.2) is 0 Å². The number of fused-ring (bicyclic) bond motifs is 1. The van der Waals surface area contributed by atoms with E-state index in [4.69, 9.17) is 0 Å². The summed E-state index contributed by atoms with van der Waals surface area (Å²) in [5.74, 6) is -0.341. The molecule has 4 nitrogen and oxygen atoms in total. The summed E-state index contributed by atoms with van der Waals surface area (Å²) >= 11 is 0. The van der Waals surface area contributed by atoms with Crippen molar-refractivity contribution in [2.75, 3.05) is 11.9 Å². The molecule has 0 saturated carbocycles. The van der Waals surface area contributed by atoms with Crippen molar-refractivity contribution in [3.05, 3.63) is 65.0 Å². The summed E-state index contributed by atoms with van der Waals surface area (Å²) in [4.78, 5) is 23.2. The lowest BCUT2D eigenvalue weighted by atomic mass is 10.1. The first-order valence-electron chi connectivity index (χ1n) is 8.03. The molecule has 0 unspecified atom stereocenters. The molecule has 0 radical (unpaired) electrons. The van der Waals surface area contributed by atoms with Crippen LogP contribution < -0.4 is 10.6 Å². The summed E-state index contributed by atoms with van der Waals surface area (Å²) in [7, 11) is 0. The summed E-state index contributed by atoms with van der Waals surface area (Å²) in [6.45, 7) is 0.524. The molecule has 1 aliphatic rings. The third-order valence-electron chi connectivity index (χ3n) is 4.11. The monoisotopic (exact) mass is 326 g/mol. The first-order chi connectivity index (χ1) is 11.6. The molecule has 0 fully saturated rings. The van der Waals surface area contributed by atoms with Crippen molar-refractivity contribution < 1.29 is 14.0 Å². The molecule has 0 spiro atoms. The zero-order chi connectivity index (χ0) is 16.9. The molecule has 2 N–H and O–H groups in total. The molecule has 3 rings (SSSR count). The molecule has 0 saturated heterocycles. The van der Waals surface area contributed by atoms with Crippen LogP contribution in [0.4, 0.5) is 10.1 Å². The second-order valence-electron chi connectivity index (χ2n) is 5.91. The quantitative estimate of drug-likeness (QED) is 0.857. The predicted octanol–water partition coefficient (Wildman–Crippen LogP) is 2.61. The van der Waals surface area contributed by atoms with E-state index in [-0.39, 0.29) is 24.1 Å². The molecule has 1 heterocycles. The van der Waals surface area contributed by atoms with Crippen LogP contribution in [0.5, 0.6) is 0 Å². The first kappa shape index (κ1) is 16.2. The zero-order valence-electron chi connectivity index (χ0n) is 13.3. The highest BCUT2D eigenvalue weighted by Crippen LogP contribution is 2.23. The largest absolute Gasteiger partial charge is 0.356 e. The minimum atomic E-state index is -0.272. The molecule has 2 aromatic rings. The Balaban J connectivity index is 1.43. The molecule has 24 heavy (non-hydrogen) atoms. The topological polar surface area (TPSA) is 58.2 Å². The van der Waals surface area contributed by atoms with E-state index in [1.807, 2.05) is 18.2 Å². The molecule has 2 aromatic carbocycles. The number of amides is 2. The Morgan fingerprint density at radius 2 is 2.00 bits per heavy atom. The fourth-order valence-electron chi connectivity index (χ4n) is 2.82. The Hall–Kier alpha value is -2.69. The Morgan fingerprint density at radius 1 is 1.17 bits per heavy atom. The van der Waals surface area contributed by atoms with Crippen LogP contribution in [0.15, 0.2) is 42.5 Å². The van der Waals surface area contributed by atoms with Gasteiger partial charge in [0.1, 0.15) is 5.82 Å². The second-order valence-corrected chi connectivity index (χ2v) is 5.91. The van der Waals surface area contributed by atoms with Gasteiger partial charge in [0.25, 0.3) is 0 Å². The van der Waals surface area contributed by atoms with Gasteiger partial charge in [0.05, 0.1) is 6.42 Å². The summed E-state index contributed by atoms with van der Waals surface area (Å²) in [6.07, 6.45) is 1.78. The molecule has 0 bridgehead atoms. The fraction of sp³-hybridized carbons (Fsp3) is 0.263. The highest BCUT2D eigenvalue weighted by Gasteiger charge is 2.17. The molecule has 0 aromatic heterocycles. The van der Waals surface area contributed by atoms with Crippen LogP contribution in [0, 0.1) is 5.82 Å². The van der Waals surface area contributed by atoms with E-state index in [0.29, 0.717) is 31.4 Å². The van der Waals surface area contributed by atoms with E-state index in [9.17, 15) is 14.0 Å². The smallest absolute Gasteiger partial charge is 0.228 e. The molecule has 2 amide bonds. The average molecular weight is 326 g/mol. The second kappa shape index (κ2) is 7.25. The van der Waals surface area contributed by atoms with Crippen LogP contribution >= 0.6 is 0 Å². The normalized spacial score (nSPS) is 12.6. The number of hydrogen-bond donors (Lipinski definition) is 2. The van der Waals surface area contributed by atoms with Crippen LogP contribution in [0.3, 0.4) is 0 Å². The highest BCUT2D eigenvalue weighted by molar-refractivity contribution is 5.99. The lowest BCUT2D eigenvalue weighted by Gasteiger charge is -2.07. The fourth-order valence-corrected chi connectivity index (χ4v) is 2.82. The molecule has 124 valence electrons. The number of rotatable bonds is 6. The zero-order valence-corrected chi connectivity index (χ0v) is 13.3. The minimum Gasteiger partial charge on any atom is -0.356 e. The van der Waals surface area contributed by atoms with E-state index < -0.39 is 0 Å². The van der Waals surface area contributed by atoms with Crippen LogP contribution in [0.2, 0.25) is 0 Å². The van der Waals surface area contributed by atoms with E-state index >= 15 is 0 Å². The van der Waals surface area contributed by atoms with Gasteiger partial charge in [-0.05, 0) is 41.7 Å². The van der Waals surface area contributed by atoms with Crippen molar-refractivity contribution in [1.29, 1.82) is 0 Å². The van der Waals surface area contributed by atoms with E-state index in [1.165, 1.54) is 6.07 Å². The maximum Gasteiger partial charge on any atom is 0.228 e. The number of halogens is 1. The van der Waals surface area contributed by atoms with Crippen LogP contribution in [-0.2, 0) is 28.9 Å². The predicted molar refractivity (Wildman–Crippen MR) is 90.2 cm³/mol. The van der Waals surface area contributed by atoms with Crippen LogP contribution in [-0.4, -0.2) is 18.4 Å². The van der Waals surface area contributed by atoms with E-state index in [0.717, 1.165) is 16.8 Å². The van der Waals surface area contributed by atoms with Crippen molar-refractivity contribution >= 4 is 17.5 Å². The maximum absolute atomic E-state index is 13.5. The third-order valence-corrected chi connectivity index (χ3v) is 4.11. The Kier molecular flexibility index (Phi) is 4.89. The van der Waals surface area contributed by atoms with Crippen LogP contribution in [0.1, 0.15) is 23.1 Å². The summed E-state index contributed by atoms with van der Waals surface area (Å²) in [5, 5.41) is 5.65. The number of carbonyl (C=O) groups is 2. The number of carbonyl (C=O) groups excluding carboxylic acids is 2. The summed E-state index contributed by atoms with van der Waals surface area (Å²) < 4.78 is 13.5. The van der Waals surface area contributed by atoms with Gasteiger partial charge in [0.2, 0.25) is 11.8 Å². The molecule has 1 aliphatic heterocycles. The SMILES string of the molecule is O=C(CCc1ccccc1F)NCCc1ccc2c(c1)CC(=O)N2. The lowest BCUT2D eigenvalue weighted by molar-refractivity contribution is -0.121. The Labute approximate surface area is 140 Å². The molecule has 0 atom stereocenters. The van der Waals surface area contributed by atoms with Gasteiger partial charge in [-0.25, -0.2) is 4.39 Å². The number of nitrogens with one attached hydrogen (secondary N) is 2. The third kappa shape index (κ3) is 3.98. The van der Waals surface area contributed by atoms with Gasteiger partial charge in [-0.2, -0.15) is 0 Å². The molecular weight excluding hydrogens is 307 g/mol. The number of benzene rings is 2. The first-order valence-corrected chi connectivity index (χ1v) is 8.03. The van der Waals surface area contributed by atoms with E-state index in [2.05, 4.69) is 10.6 Å². The van der Waals surface area contributed by atoms with Crippen molar-refractivity contribution in [3.8, 4) is 0 Å². The van der Waals surface area contributed by atoms with Crippen molar-refractivity contribution in [2.24, 2.45) is 0 Å². The van der Waals surface area contributed by atoms with Crippen LogP contribution in [0.25, 0.3) is 0 Å². The maximum atomic E-state index is 13.5. The lowest BCUT2D eigenvalue weighted by Crippen LogP contribution is -2.26. The molecule has 5 heteroatoms. The van der Waals surface area contributed by atoms with Gasteiger partial charge >= 0.3 is 0 Å².